The van der Waals surface area contributed by atoms with Gasteiger partial charge in [0.05, 0.1) is 25.6 Å². The highest BCUT2D eigenvalue weighted by molar-refractivity contribution is 6.10. The van der Waals surface area contributed by atoms with E-state index in [-0.39, 0.29) is 12.5 Å². The number of nitrogens with one attached hydrogen (secondary N) is 2. The van der Waals surface area contributed by atoms with Crippen LogP contribution in [-0.2, 0) is 16.1 Å². The summed E-state index contributed by atoms with van der Waals surface area (Å²) in [5.74, 6) is 0.354. The average Bonchev–Trinajstić information content (AvgIpc) is 3.06. The Morgan fingerprint density at radius 2 is 1.87 bits per heavy atom. The maximum Gasteiger partial charge on any atom is 0.239 e. The number of anilines is 1. The van der Waals surface area contributed by atoms with Gasteiger partial charge in [0.25, 0.3) is 0 Å². The summed E-state index contributed by atoms with van der Waals surface area (Å²) >= 11 is 0. The zero-order chi connectivity index (χ0) is 16.9. The Balaban J connectivity index is 2.02. The molecule has 0 unspecified atom stereocenters. The second kappa shape index (κ2) is 7.00. The molecule has 2 N–H and O–H groups in total. The minimum Gasteiger partial charge on any atom is -0.495 e. The molecule has 0 spiro atoms. The molecule has 0 radical (unpaired) electrons. The molecule has 23 heavy (non-hydrogen) atoms. The normalized spacial score (nSPS) is 10.9. The van der Waals surface area contributed by atoms with Gasteiger partial charge >= 0.3 is 0 Å². The van der Waals surface area contributed by atoms with E-state index in [1.807, 2.05) is 0 Å². The molecule has 6 nitrogen and oxygen atoms in total. The Bertz CT molecular complexity index is 678. The molecular weight excluding hydrogens is 296 g/mol. The van der Waals surface area contributed by atoms with Crippen molar-refractivity contribution in [2.45, 2.75) is 20.4 Å². The van der Waals surface area contributed by atoms with Crippen molar-refractivity contribution in [1.29, 1.82) is 0 Å². The molecule has 0 saturated heterocycles. The van der Waals surface area contributed by atoms with Gasteiger partial charge in [-0.05, 0) is 38.1 Å². The third-order valence-electron chi connectivity index (χ3n) is 3.49. The molecule has 2 aromatic rings. The average molecular weight is 316 g/mol. The van der Waals surface area contributed by atoms with Gasteiger partial charge < -0.3 is 19.8 Å². The third kappa shape index (κ3) is 3.91. The van der Waals surface area contributed by atoms with Crippen LogP contribution in [0.25, 0.3) is 0 Å². The first-order chi connectivity index (χ1) is 10.9. The van der Waals surface area contributed by atoms with E-state index in [2.05, 4.69) is 10.6 Å². The van der Waals surface area contributed by atoms with Gasteiger partial charge in [-0.1, -0.05) is 12.1 Å². The topological polar surface area (TPSA) is 80.6 Å². The molecule has 0 fully saturated rings. The first-order valence-electron chi connectivity index (χ1n) is 7.20. The van der Waals surface area contributed by atoms with Crippen LogP contribution in [0.3, 0.4) is 0 Å². The van der Waals surface area contributed by atoms with E-state index in [0.29, 0.717) is 17.2 Å². The van der Waals surface area contributed by atoms with Crippen molar-refractivity contribution in [3.63, 3.8) is 0 Å². The number of amides is 2. The molecule has 2 amide bonds. The van der Waals surface area contributed by atoms with Crippen molar-refractivity contribution in [1.82, 2.24) is 5.32 Å². The van der Waals surface area contributed by atoms with Crippen molar-refractivity contribution < 1.29 is 18.7 Å². The van der Waals surface area contributed by atoms with Gasteiger partial charge in [-0.2, -0.15) is 0 Å². The highest BCUT2D eigenvalue weighted by Crippen LogP contribution is 2.26. The molecule has 6 heteroatoms. The Hall–Kier alpha value is -2.76. The predicted molar refractivity (Wildman–Crippen MR) is 86.0 cm³/mol. The fourth-order valence-electron chi connectivity index (χ4n) is 1.93. The van der Waals surface area contributed by atoms with E-state index in [4.69, 9.17) is 9.15 Å². The Labute approximate surface area is 134 Å². The molecule has 0 aliphatic heterocycles. The number of furan rings is 1. The van der Waals surface area contributed by atoms with E-state index >= 15 is 0 Å². The highest BCUT2D eigenvalue weighted by Gasteiger charge is 2.36. The highest BCUT2D eigenvalue weighted by atomic mass is 16.5. The minimum atomic E-state index is -1.24. The van der Waals surface area contributed by atoms with Crippen molar-refractivity contribution in [3.8, 4) is 5.75 Å². The van der Waals surface area contributed by atoms with Crippen molar-refractivity contribution in [2.75, 3.05) is 12.4 Å². The molecule has 0 aliphatic carbocycles. The largest absolute Gasteiger partial charge is 0.495 e. The summed E-state index contributed by atoms with van der Waals surface area (Å²) in [4.78, 5) is 24.8. The number of hydrogen-bond donors (Lipinski definition) is 2. The summed E-state index contributed by atoms with van der Waals surface area (Å²) in [5.41, 5.74) is -0.722. The van der Waals surface area contributed by atoms with Crippen LogP contribution >= 0.6 is 0 Å². The molecule has 0 aliphatic rings. The SMILES string of the molecule is COc1ccccc1NC(=O)C(C)(C)C(=O)NCc1ccco1. The summed E-state index contributed by atoms with van der Waals surface area (Å²) in [5, 5.41) is 5.42. The van der Waals surface area contributed by atoms with Gasteiger partial charge in [-0.15, -0.1) is 0 Å². The number of para-hydroxylation sites is 2. The number of carbonyl (C=O) groups excluding carboxylic acids is 2. The van der Waals surface area contributed by atoms with E-state index in [9.17, 15) is 9.59 Å². The molecule has 122 valence electrons. The molecule has 2 rings (SSSR count). The van der Waals surface area contributed by atoms with Crippen LogP contribution in [-0.4, -0.2) is 18.9 Å². The van der Waals surface area contributed by atoms with Gasteiger partial charge in [-0.3, -0.25) is 9.59 Å². The second-order valence-corrected chi connectivity index (χ2v) is 5.54. The first-order valence-corrected chi connectivity index (χ1v) is 7.20. The monoisotopic (exact) mass is 316 g/mol. The van der Waals surface area contributed by atoms with Gasteiger partial charge in [0.2, 0.25) is 11.8 Å². The lowest BCUT2D eigenvalue weighted by Gasteiger charge is -2.23. The molecular formula is C17H20N2O4. The lowest BCUT2D eigenvalue weighted by molar-refractivity contribution is -0.138. The molecule has 0 bridgehead atoms. The summed E-state index contributed by atoms with van der Waals surface area (Å²) in [7, 11) is 1.52. The first kappa shape index (κ1) is 16.6. The third-order valence-corrected chi connectivity index (χ3v) is 3.49. The van der Waals surface area contributed by atoms with Gasteiger partial charge in [0.1, 0.15) is 16.9 Å². The zero-order valence-corrected chi connectivity index (χ0v) is 13.4. The van der Waals surface area contributed by atoms with Crippen LogP contribution in [0.15, 0.2) is 47.1 Å². The number of benzene rings is 1. The minimum absolute atomic E-state index is 0.233. The van der Waals surface area contributed by atoms with E-state index in [1.165, 1.54) is 13.4 Å². The Morgan fingerprint density at radius 1 is 1.13 bits per heavy atom. The van der Waals surface area contributed by atoms with Crippen LogP contribution in [0, 0.1) is 5.41 Å². The maximum absolute atomic E-state index is 12.5. The Morgan fingerprint density at radius 3 is 2.52 bits per heavy atom. The molecule has 1 aromatic carbocycles. The lowest BCUT2D eigenvalue weighted by Crippen LogP contribution is -2.44. The summed E-state index contributed by atoms with van der Waals surface area (Å²) in [6.45, 7) is 3.36. The van der Waals surface area contributed by atoms with Crippen molar-refractivity contribution >= 4 is 17.5 Å². The predicted octanol–water partition coefficient (Wildman–Crippen LogP) is 2.57. The standard InChI is InChI=1S/C17H20N2O4/c1-17(2,15(20)18-11-12-7-6-10-23-12)16(21)19-13-8-4-5-9-14(13)22-3/h4-10H,11H2,1-3H3,(H,18,20)(H,19,21). The fraction of sp³-hybridized carbons (Fsp3) is 0.294. The van der Waals surface area contributed by atoms with Crippen LogP contribution in [0.4, 0.5) is 5.69 Å². The quantitative estimate of drug-likeness (QED) is 0.803. The van der Waals surface area contributed by atoms with Gasteiger partial charge in [0.15, 0.2) is 0 Å². The summed E-state index contributed by atoms with van der Waals surface area (Å²) in [6, 6.07) is 10.5. The summed E-state index contributed by atoms with van der Waals surface area (Å²) in [6.07, 6.45) is 1.53. The number of methoxy groups -OCH3 is 1. The summed E-state index contributed by atoms with van der Waals surface area (Å²) < 4.78 is 10.3. The zero-order valence-electron chi connectivity index (χ0n) is 13.4. The van der Waals surface area contributed by atoms with Gasteiger partial charge in [0, 0.05) is 0 Å². The van der Waals surface area contributed by atoms with Crippen molar-refractivity contribution in [2.24, 2.45) is 5.41 Å². The number of hydrogen-bond acceptors (Lipinski definition) is 4. The molecule has 1 aromatic heterocycles. The Kier molecular flexibility index (Phi) is 5.05. The van der Waals surface area contributed by atoms with Crippen LogP contribution in [0.2, 0.25) is 0 Å². The van der Waals surface area contributed by atoms with E-state index < -0.39 is 11.3 Å². The molecule has 1 heterocycles. The van der Waals surface area contributed by atoms with Crippen molar-refractivity contribution in [3.05, 3.63) is 48.4 Å². The smallest absolute Gasteiger partial charge is 0.239 e. The second-order valence-electron chi connectivity index (χ2n) is 5.54. The fourth-order valence-corrected chi connectivity index (χ4v) is 1.93. The van der Waals surface area contributed by atoms with Crippen LogP contribution < -0.4 is 15.4 Å². The molecule has 0 saturated carbocycles. The lowest BCUT2D eigenvalue weighted by atomic mass is 9.91. The number of rotatable bonds is 6. The van der Waals surface area contributed by atoms with Crippen LogP contribution in [0.5, 0.6) is 5.75 Å². The number of carbonyl (C=O) groups is 2. The van der Waals surface area contributed by atoms with Crippen LogP contribution in [0.1, 0.15) is 19.6 Å². The van der Waals surface area contributed by atoms with Gasteiger partial charge in [-0.25, -0.2) is 0 Å². The maximum atomic E-state index is 12.5. The van der Waals surface area contributed by atoms with E-state index in [1.54, 1.807) is 50.2 Å². The number of ether oxygens (including phenoxy) is 1. The van der Waals surface area contributed by atoms with E-state index in [0.717, 1.165) is 0 Å². The molecule has 0 atom stereocenters.